The maximum absolute atomic E-state index is 12.9. The fourth-order valence-electron chi connectivity index (χ4n) is 2.27. The van der Waals surface area contributed by atoms with E-state index in [4.69, 9.17) is 4.74 Å². The molecule has 0 aliphatic rings. The first-order valence-electron chi connectivity index (χ1n) is 7.98. The van der Waals surface area contributed by atoms with Gasteiger partial charge < -0.3 is 10.1 Å². The number of hydrogen-bond acceptors (Lipinski definition) is 3. The van der Waals surface area contributed by atoms with Gasteiger partial charge in [-0.05, 0) is 31.0 Å². The van der Waals surface area contributed by atoms with E-state index in [9.17, 15) is 22.8 Å². The van der Waals surface area contributed by atoms with Gasteiger partial charge in [-0.2, -0.15) is 13.2 Å². The molecule has 0 fully saturated rings. The molecular weight excluding hydrogens is 347 g/mol. The van der Waals surface area contributed by atoms with Gasteiger partial charge in [-0.25, -0.2) is 0 Å². The molecular formula is C19H18F3NO3. The topological polar surface area (TPSA) is 55.4 Å². The first kappa shape index (κ1) is 19.5. The van der Waals surface area contributed by atoms with Crippen LogP contribution in [0, 0.1) is 0 Å². The van der Waals surface area contributed by atoms with E-state index in [1.807, 2.05) is 30.3 Å². The molecule has 0 spiro atoms. The molecule has 0 aliphatic heterocycles. The fourth-order valence-corrected chi connectivity index (χ4v) is 2.27. The van der Waals surface area contributed by atoms with Crippen molar-refractivity contribution in [2.24, 2.45) is 0 Å². The van der Waals surface area contributed by atoms with Crippen LogP contribution in [0.1, 0.15) is 24.5 Å². The summed E-state index contributed by atoms with van der Waals surface area (Å²) in [5.74, 6) is -1.42. The number of alkyl halides is 3. The molecule has 0 radical (unpaired) electrons. The molecule has 1 N–H and O–H groups in total. The Morgan fingerprint density at radius 3 is 2.31 bits per heavy atom. The van der Waals surface area contributed by atoms with Crippen molar-refractivity contribution in [1.29, 1.82) is 0 Å². The van der Waals surface area contributed by atoms with Gasteiger partial charge in [-0.1, -0.05) is 42.5 Å². The van der Waals surface area contributed by atoms with Crippen LogP contribution < -0.4 is 5.32 Å². The van der Waals surface area contributed by atoms with E-state index >= 15 is 0 Å². The predicted molar refractivity (Wildman–Crippen MR) is 90.4 cm³/mol. The Morgan fingerprint density at radius 2 is 1.65 bits per heavy atom. The summed E-state index contributed by atoms with van der Waals surface area (Å²) in [6.07, 6.45) is -5.29. The van der Waals surface area contributed by atoms with Crippen LogP contribution in [0.15, 0.2) is 54.6 Å². The zero-order valence-corrected chi connectivity index (χ0v) is 14.0. The highest BCUT2D eigenvalue weighted by atomic mass is 19.4. The van der Waals surface area contributed by atoms with Gasteiger partial charge >= 0.3 is 12.1 Å². The lowest BCUT2D eigenvalue weighted by molar-refractivity contribution is -0.153. The number of hydrogen-bond donors (Lipinski definition) is 1. The second-order valence-corrected chi connectivity index (χ2v) is 5.65. The van der Waals surface area contributed by atoms with Crippen LogP contribution in [-0.2, 0) is 26.9 Å². The Morgan fingerprint density at radius 1 is 1.04 bits per heavy atom. The summed E-state index contributed by atoms with van der Waals surface area (Å²) < 4.78 is 43.8. The molecule has 0 unspecified atom stereocenters. The van der Waals surface area contributed by atoms with Gasteiger partial charge in [0.15, 0.2) is 6.10 Å². The lowest BCUT2D eigenvalue weighted by atomic mass is 10.1. The number of anilines is 1. The average molecular weight is 365 g/mol. The number of carbonyl (C=O) groups excluding carboxylic acids is 2. The van der Waals surface area contributed by atoms with Crippen LogP contribution in [0.2, 0.25) is 0 Å². The number of para-hydroxylation sites is 1. The number of nitrogens with one attached hydrogen (secondary N) is 1. The number of halogens is 3. The van der Waals surface area contributed by atoms with E-state index in [0.29, 0.717) is 6.42 Å². The van der Waals surface area contributed by atoms with Crippen molar-refractivity contribution in [1.82, 2.24) is 0 Å². The van der Waals surface area contributed by atoms with Crippen molar-refractivity contribution in [2.45, 2.75) is 32.0 Å². The molecule has 1 amide bonds. The second-order valence-electron chi connectivity index (χ2n) is 5.65. The summed E-state index contributed by atoms with van der Waals surface area (Å²) in [5, 5.41) is 2.16. The Balaban J connectivity index is 1.91. The summed E-state index contributed by atoms with van der Waals surface area (Å²) in [5.41, 5.74) is -0.395. The molecule has 2 aromatic rings. The van der Waals surface area contributed by atoms with E-state index < -0.39 is 29.7 Å². The third kappa shape index (κ3) is 5.61. The lowest BCUT2D eigenvalue weighted by Gasteiger charge is -2.16. The molecule has 0 aromatic heterocycles. The maximum Gasteiger partial charge on any atom is 0.418 e. The number of carbonyl (C=O) groups is 2. The van der Waals surface area contributed by atoms with Gasteiger partial charge in [0.05, 0.1) is 11.3 Å². The molecule has 1 atom stereocenters. The molecule has 4 nitrogen and oxygen atoms in total. The summed E-state index contributed by atoms with van der Waals surface area (Å²) in [4.78, 5) is 23.9. The van der Waals surface area contributed by atoms with Crippen molar-refractivity contribution >= 4 is 17.6 Å². The zero-order chi connectivity index (χ0) is 19.2. The Bertz CT molecular complexity index is 760. The highest BCUT2D eigenvalue weighted by Crippen LogP contribution is 2.34. The number of amides is 1. The van der Waals surface area contributed by atoms with Crippen molar-refractivity contribution in [2.75, 3.05) is 5.32 Å². The summed E-state index contributed by atoms with van der Waals surface area (Å²) in [6, 6.07) is 13.9. The van der Waals surface area contributed by atoms with E-state index in [-0.39, 0.29) is 12.1 Å². The van der Waals surface area contributed by atoms with Gasteiger partial charge in [0.25, 0.3) is 5.91 Å². The van der Waals surface area contributed by atoms with Crippen LogP contribution in [0.5, 0.6) is 0 Å². The minimum atomic E-state index is -4.60. The smallest absolute Gasteiger partial charge is 0.418 e. The van der Waals surface area contributed by atoms with Crippen molar-refractivity contribution < 1.29 is 27.5 Å². The van der Waals surface area contributed by atoms with Crippen LogP contribution >= 0.6 is 0 Å². The van der Waals surface area contributed by atoms with Gasteiger partial charge in [-0.3, -0.25) is 9.59 Å². The normalized spacial score (nSPS) is 12.3. The summed E-state index contributed by atoms with van der Waals surface area (Å²) >= 11 is 0. The number of esters is 1. The molecule has 0 heterocycles. The van der Waals surface area contributed by atoms with Gasteiger partial charge in [0.2, 0.25) is 0 Å². The minimum absolute atomic E-state index is 0.0702. The van der Waals surface area contributed by atoms with Crippen LogP contribution in [0.4, 0.5) is 18.9 Å². The van der Waals surface area contributed by atoms with E-state index in [1.165, 1.54) is 19.1 Å². The average Bonchev–Trinajstić information content (AvgIpc) is 2.60. The standard InChI is InChI=1S/C19H18F3NO3/c1-13(26-17(24)12-11-14-7-3-2-4-8-14)18(25)23-16-10-6-5-9-15(16)19(20,21)22/h2-10,13H,11-12H2,1H3,(H,23,25)/t13-/m0/s1. The molecule has 0 saturated carbocycles. The van der Waals surface area contributed by atoms with Crippen LogP contribution in [0.3, 0.4) is 0 Å². The van der Waals surface area contributed by atoms with E-state index in [2.05, 4.69) is 5.32 Å². The van der Waals surface area contributed by atoms with E-state index in [0.717, 1.165) is 17.7 Å². The molecule has 7 heteroatoms. The quantitative estimate of drug-likeness (QED) is 0.781. The zero-order valence-electron chi connectivity index (χ0n) is 14.0. The van der Waals surface area contributed by atoms with Crippen LogP contribution in [0.25, 0.3) is 0 Å². The van der Waals surface area contributed by atoms with Crippen molar-refractivity contribution in [3.05, 3.63) is 65.7 Å². The monoisotopic (exact) mass is 365 g/mol. The molecule has 2 rings (SSSR count). The SMILES string of the molecule is C[C@H](OC(=O)CCc1ccccc1)C(=O)Nc1ccccc1C(F)(F)F. The lowest BCUT2D eigenvalue weighted by Crippen LogP contribution is -2.30. The Labute approximate surface area is 149 Å². The largest absolute Gasteiger partial charge is 0.453 e. The first-order chi connectivity index (χ1) is 12.3. The minimum Gasteiger partial charge on any atom is -0.453 e. The third-order valence-corrected chi connectivity index (χ3v) is 3.63. The Hall–Kier alpha value is -2.83. The molecule has 138 valence electrons. The third-order valence-electron chi connectivity index (χ3n) is 3.63. The second kappa shape index (κ2) is 8.51. The van der Waals surface area contributed by atoms with Gasteiger partial charge in [-0.15, -0.1) is 0 Å². The first-order valence-corrected chi connectivity index (χ1v) is 7.98. The fraction of sp³-hybridized carbons (Fsp3) is 0.263. The van der Waals surface area contributed by atoms with Gasteiger partial charge in [0, 0.05) is 6.42 Å². The molecule has 0 saturated heterocycles. The summed E-state index contributed by atoms with van der Waals surface area (Å²) in [7, 11) is 0. The number of ether oxygens (including phenoxy) is 1. The molecule has 2 aromatic carbocycles. The van der Waals surface area contributed by atoms with Crippen LogP contribution in [-0.4, -0.2) is 18.0 Å². The predicted octanol–water partition coefficient (Wildman–Crippen LogP) is 4.21. The van der Waals surface area contributed by atoms with Crippen molar-refractivity contribution in [3.8, 4) is 0 Å². The summed E-state index contributed by atoms with van der Waals surface area (Å²) in [6.45, 7) is 1.31. The highest BCUT2D eigenvalue weighted by molar-refractivity contribution is 5.95. The molecule has 26 heavy (non-hydrogen) atoms. The number of rotatable bonds is 6. The van der Waals surface area contributed by atoms with E-state index in [1.54, 1.807) is 0 Å². The number of aryl methyl sites for hydroxylation is 1. The van der Waals surface area contributed by atoms with Gasteiger partial charge in [0.1, 0.15) is 0 Å². The Kier molecular flexibility index (Phi) is 6.38. The number of benzene rings is 2. The molecule has 0 bridgehead atoms. The maximum atomic E-state index is 12.9. The highest BCUT2D eigenvalue weighted by Gasteiger charge is 2.34. The molecule has 0 aliphatic carbocycles. The van der Waals surface area contributed by atoms with Crippen molar-refractivity contribution in [3.63, 3.8) is 0 Å².